The molecule has 2 nitrogen and oxygen atoms in total. The van der Waals surface area contributed by atoms with Gasteiger partial charge in [0.05, 0.1) is 12.2 Å². The molecule has 0 aromatic heterocycles. The van der Waals surface area contributed by atoms with E-state index in [9.17, 15) is 4.79 Å². The van der Waals surface area contributed by atoms with E-state index in [-0.39, 0.29) is 11.9 Å². The molecule has 68 valence electrons. The standard InChI is InChI=1S/C10H16O2/c1-2-8-12-10(11)9-6-4-3-5-7-9/h2,8-9H,3-7H2,1H3. The van der Waals surface area contributed by atoms with Gasteiger partial charge < -0.3 is 4.74 Å². The van der Waals surface area contributed by atoms with Crippen molar-refractivity contribution in [3.05, 3.63) is 12.3 Å². The molecule has 0 spiro atoms. The van der Waals surface area contributed by atoms with Crippen molar-refractivity contribution in [3.63, 3.8) is 0 Å². The molecule has 1 fully saturated rings. The molecule has 0 aromatic carbocycles. The lowest BCUT2D eigenvalue weighted by molar-refractivity contribution is -0.143. The molecule has 2 heteroatoms. The van der Waals surface area contributed by atoms with Crippen LogP contribution in [0.3, 0.4) is 0 Å². The number of carbonyl (C=O) groups is 1. The van der Waals surface area contributed by atoms with Crippen molar-refractivity contribution in [2.24, 2.45) is 5.92 Å². The quantitative estimate of drug-likeness (QED) is 0.468. The Morgan fingerprint density at radius 2 is 2.00 bits per heavy atom. The van der Waals surface area contributed by atoms with Crippen LogP contribution in [0.25, 0.3) is 0 Å². The highest BCUT2D eigenvalue weighted by molar-refractivity contribution is 5.73. The minimum Gasteiger partial charge on any atom is -0.435 e. The molecule has 1 aliphatic carbocycles. The monoisotopic (exact) mass is 168 g/mol. The van der Waals surface area contributed by atoms with Gasteiger partial charge in [0, 0.05) is 0 Å². The number of allylic oxidation sites excluding steroid dienone is 1. The second-order valence-electron chi connectivity index (χ2n) is 3.24. The molecule has 0 N–H and O–H groups in total. The molecule has 1 aliphatic rings. The third kappa shape index (κ3) is 2.68. The first kappa shape index (κ1) is 9.30. The first-order valence-electron chi connectivity index (χ1n) is 4.66. The Morgan fingerprint density at radius 3 is 2.58 bits per heavy atom. The second kappa shape index (κ2) is 4.96. The summed E-state index contributed by atoms with van der Waals surface area (Å²) in [6, 6.07) is 0. The second-order valence-corrected chi connectivity index (χ2v) is 3.24. The van der Waals surface area contributed by atoms with Crippen LogP contribution in [-0.4, -0.2) is 5.97 Å². The van der Waals surface area contributed by atoms with Crippen molar-refractivity contribution in [1.29, 1.82) is 0 Å². The average molecular weight is 168 g/mol. The topological polar surface area (TPSA) is 26.3 Å². The predicted octanol–water partition coefficient (Wildman–Crippen LogP) is 2.64. The van der Waals surface area contributed by atoms with E-state index in [0.717, 1.165) is 12.8 Å². The minimum atomic E-state index is -0.0483. The van der Waals surface area contributed by atoms with Crippen molar-refractivity contribution >= 4 is 5.97 Å². The van der Waals surface area contributed by atoms with E-state index in [2.05, 4.69) is 0 Å². The molecule has 0 amide bonds. The van der Waals surface area contributed by atoms with Gasteiger partial charge in [0.15, 0.2) is 0 Å². The summed E-state index contributed by atoms with van der Waals surface area (Å²) in [6.07, 6.45) is 8.85. The fourth-order valence-electron chi connectivity index (χ4n) is 1.57. The van der Waals surface area contributed by atoms with Crippen LogP contribution in [0.4, 0.5) is 0 Å². The Kier molecular flexibility index (Phi) is 3.85. The maximum absolute atomic E-state index is 11.3. The maximum atomic E-state index is 11.3. The summed E-state index contributed by atoms with van der Waals surface area (Å²) in [7, 11) is 0. The highest BCUT2D eigenvalue weighted by Gasteiger charge is 2.21. The third-order valence-electron chi connectivity index (χ3n) is 2.26. The van der Waals surface area contributed by atoms with Crippen LogP contribution < -0.4 is 0 Å². The maximum Gasteiger partial charge on any atom is 0.313 e. The Bertz CT molecular complexity index is 167. The molecule has 0 unspecified atom stereocenters. The Morgan fingerprint density at radius 1 is 1.33 bits per heavy atom. The van der Waals surface area contributed by atoms with E-state index >= 15 is 0 Å². The Hall–Kier alpha value is -0.790. The summed E-state index contributed by atoms with van der Waals surface area (Å²) < 4.78 is 4.91. The molecular formula is C10H16O2. The van der Waals surface area contributed by atoms with Crippen LogP contribution in [0.2, 0.25) is 0 Å². The van der Waals surface area contributed by atoms with Gasteiger partial charge in [-0.15, -0.1) is 0 Å². The molecule has 12 heavy (non-hydrogen) atoms. The average Bonchev–Trinajstić information content (AvgIpc) is 2.15. The van der Waals surface area contributed by atoms with Crippen LogP contribution >= 0.6 is 0 Å². The predicted molar refractivity (Wildman–Crippen MR) is 47.5 cm³/mol. The molecule has 0 saturated heterocycles. The molecule has 1 rings (SSSR count). The minimum absolute atomic E-state index is 0.0483. The Balaban J connectivity index is 2.29. The molecule has 0 radical (unpaired) electrons. The SMILES string of the molecule is CC=COC(=O)C1CCCCC1. The zero-order valence-electron chi connectivity index (χ0n) is 7.58. The lowest BCUT2D eigenvalue weighted by Gasteiger charge is -2.18. The van der Waals surface area contributed by atoms with Crippen molar-refractivity contribution in [2.45, 2.75) is 39.0 Å². The van der Waals surface area contributed by atoms with Gasteiger partial charge in [-0.2, -0.15) is 0 Å². The van der Waals surface area contributed by atoms with Crippen molar-refractivity contribution in [3.8, 4) is 0 Å². The van der Waals surface area contributed by atoms with Crippen molar-refractivity contribution in [2.75, 3.05) is 0 Å². The van der Waals surface area contributed by atoms with Crippen LogP contribution in [0.1, 0.15) is 39.0 Å². The number of hydrogen-bond acceptors (Lipinski definition) is 2. The fourth-order valence-corrected chi connectivity index (χ4v) is 1.57. The molecule has 0 aromatic rings. The summed E-state index contributed by atoms with van der Waals surface area (Å²) >= 11 is 0. The summed E-state index contributed by atoms with van der Waals surface area (Å²) in [5, 5.41) is 0. The van der Waals surface area contributed by atoms with Gasteiger partial charge in [-0.05, 0) is 19.8 Å². The number of rotatable bonds is 2. The van der Waals surface area contributed by atoms with Gasteiger partial charge in [0.25, 0.3) is 0 Å². The van der Waals surface area contributed by atoms with Crippen LogP contribution in [0, 0.1) is 5.92 Å². The van der Waals surface area contributed by atoms with Crippen LogP contribution in [0.15, 0.2) is 12.3 Å². The number of carbonyl (C=O) groups excluding carboxylic acids is 1. The molecule has 0 atom stereocenters. The Labute approximate surface area is 73.6 Å². The number of esters is 1. The molecule has 0 heterocycles. The van der Waals surface area contributed by atoms with E-state index in [0.29, 0.717) is 0 Å². The third-order valence-corrected chi connectivity index (χ3v) is 2.26. The van der Waals surface area contributed by atoms with Gasteiger partial charge >= 0.3 is 5.97 Å². The fraction of sp³-hybridized carbons (Fsp3) is 0.700. The molecule has 0 aliphatic heterocycles. The zero-order chi connectivity index (χ0) is 8.81. The smallest absolute Gasteiger partial charge is 0.313 e. The highest BCUT2D eigenvalue weighted by Crippen LogP contribution is 2.24. The van der Waals surface area contributed by atoms with Crippen LogP contribution in [0.5, 0.6) is 0 Å². The van der Waals surface area contributed by atoms with E-state index in [1.165, 1.54) is 25.5 Å². The van der Waals surface area contributed by atoms with E-state index in [1.54, 1.807) is 6.08 Å². The van der Waals surface area contributed by atoms with Crippen molar-refractivity contribution in [1.82, 2.24) is 0 Å². The summed E-state index contributed by atoms with van der Waals surface area (Å²) in [5.41, 5.74) is 0. The largest absolute Gasteiger partial charge is 0.435 e. The summed E-state index contributed by atoms with van der Waals surface area (Å²) in [5.74, 6) is 0.114. The van der Waals surface area contributed by atoms with Gasteiger partial charge in [-0.1, -0.05) is 25.3 Å². The number of ether oxygens (including phenoxy) is 1. The van der Waals surface area contributed by atoms with Gasteiger partial charge in [-0.25, -0.2) is 0 Å². The van der Waals surface area contributed by atoms with Crippen LogP contribution in [-0.2, 0) is 9.53 Å². The zero-order valence-corrected chi connectivity index (χ0v) is 7.58. The van der Waals surface area contributed by atoms with Gasteiger partial charge in [0.2, 0.25) is 0 Å². The lowest BCUT2D eigenvalue weighted by Crippen LogP contribution is -2.18. The highest BCUT2D eigenvalue weighted by atomic mass is 16.5. The molecular weight excluding hydrogens is 152 g/mol. The van der Waals surface area contributed by atoms with Crippen molar-refractivity contribution < 1.29 is 9.53 Å². The van der Waals surface area contributed by atoms with Gasteiger partial charge in [0.1, 0.15) is 0 Å². The first-order chi connectivity index (χ1) is 5.84. The van der Waals surface area contributed by atoms with E-state index in [1.807, 2.05) is 6.92 Å². The van der Waals surface area contributed by atoms with E-state index < -0.39 is 0 Å². The summed E-state index contributed by atoms with van der Waals surface area (Å²) in [6.45, 7) is 1.84. The summed E-state index contributed by atoms with van der Waals surface area (Å²) in [4.78, 5) is 11.3. The lowest BCUT2D eigenvalue weighted by atomic mass is 9.89. The molecule has 0 bridgehead atoms. The van der Waals surface area contributed by atoms with E-state index in [4.69, 9.17) is 4.74 Å². The number of hydrogen-bond donors (Lipinski definition) is 0. The normalized spacial score (nSPS) is 19.8. The first-order valence-corrected chi connectivity index (χ1v) is 4.66. The molecule has 1 saturated carbocycles. The van der Waals surface area contributed by atoms with Gasteiger partial charge in [-0.3, -0.25) is 4.79 Å².